The zero-order valence-corrected chi connectivity index (χ0v) is 12.7. The lowest BCUT2D eigenvalue weighted by molar-refractivity contribution is -0.558. The normalized spacial score (nSPS) is 56.1. The summed E-state index contributed by atoms with van der Waals surface area (Å²) in [5, 5.41) is 11.1. The average Bonchev–Trinajstić information content (AvgIpc) is 2.69. The van der Waals surface area contributed by atoms with Crippen LogP contribution in [0, 0.1) is 23.7 Å². The third-order valence-electron chi connectivity index (χ3n) is 6.24. The van der Waals surface area contributed by atoms with Crippen LogP contribution in [0.25, 0.3) is 0 Å². The molecule has 6 heteroatoms. The Labute approximate surface area is 124 Å². The number of rotatable bonds is 0. The molecule has 0 aromatic carbocycles. The van der Waals surface area contributed by atoms with Crippen molar-refractivity contribution in [1.29, 1.82) is 0 Å². The van der Waals surface area contributed by atoms with Crippen molar-refractivity contribution in [2.24, 2.45) is 23.7 Å². The van der Waals surface area contributed by atoms with Gasteiger partial charge in [-0.3, -0.25) is 10.0 Å². The van der Waals surface area contributed by atoms with Crippen LogP contribution in [0.3, 0.4) is 0 Å². The molecule has 6 nitrogen and oxygen atoms in total. The largest absolute Gasteiger partial charge is 0.318 e. The van der Waals surface area contributed by atoms with Gasteiger partial charge in [0.25, 0.3) is 5.91 Å². The van der Waals surface area contributed by atoms with E-state index in [1.165, 1.54) is 0 Å². The maximum Gasteiger partial charge on any atom is 0.251 e. The summed E-state index contributed by atoms with van der Waals surface area (Å²) in [4.78, 5) is 23.9. The standard InChI is InChI=1S/C15H23NO5/c1-8-4-5-11-9(2)12(17)16(18)13-15(11)10(8)6-7-14(3,19-13)20-21-15/h8-11,13,18H,4-7H2,1-3H3/t8-,9+,10+,11-,13-,14-,15?/m0/s1. The lowest BCUT2D eigenvalue weighted by Gasteiger charge is -2.60. The van der Waals surface area contributed by atoms with E-state index in [9.17, 15) is 10.0 Å². The first-order valence-corrected chi connectivity index (χ1v) is 7.96. The topological polar surface area (TPSA) is 68.2 Å². The van der Waals surface area contributed by atoms with Crippen LogP contribution in [0.4, 0.5) is 0 Å². The molecule has 21 heavy (non-hydrogen) atoms. The number of carbonyl (C=O) groups is 1. The minimum absolute atomic E-state index is 0.0299. The van der Waals surface area contributed by atoms with Gasteiger partial charge in [-0.15, -0.1) is 0 Å². The molecular weight excluding hydrogens is 274 g/mol. The van der Waals surface area contributed by atoms with Gasteiger partial charge >= 0.3 is 0 Å². The lowest BCUT2D eigenvalue weighted by atomic mass is 9.57. The second-order valence-corrected chi connectivity index (χ2v) is 7.40. The molecular formula is C15H23NO5. The Kier molecular flexibility index (Phi) is 2.78. The maximum atomic E-state index is 12.4. The molecule has 1 spiro atoms. The molecule has 2 bridgehead atoms. The van der Waals surface area contributed by atoms with Crippen LogP contribution in [0.1, 0.15) is 46.5 Å². The van der Waals surface area contributed by atoms with Crippen LogP contribution in [-0.2, 0) is 19.3 Å². The van der Waals surface area contributed by atoms with Crippen LogP contribution >= 0.6 is 0 Å². The number of fused-ring (bicyclic) bond motifs is 2. The summed E-state index contributed by atoms with van der Waals surface area (Å²) in [5.41, 5.74) is -0.740. The minimum atomic E-state index is -0.890. The molecule has 4 saturated heterocycles. The summed E-state index contributed by atoms with van der Waals surface area (Å²) in [6.45, 7) is 5.91. The smallest absolute Gasteiger partial charge is 0.251 e. The second kappa shape index (κ2) is 4.19. The number of ether oxygens (including phenoxy) is 1. The Morgan fingerprint density at radius 1 is 1.19 bits per heavy atom. The number of nitrogens with zero attached hydrogens (tertiary/aromatic N) is 1. The highest BCUT2D eigenvalue weighted by molar-refractivity contribution is 5.79. The van der Waals surface area contributed by atoms with Crippen LogP contribution in [0.2, 0.25) is 0 Å². The fourth-order valence-electron chi connectivity index (χ4n) is 5.03. The quantitative estimate of drug-likeness (QED) is 0.547. The minimum Gasteiger partial charge on any atom is -0.318 e. The van der Waals surface area contributed by atoms with Crippen LogP contribution in [-0.4, -0.2) is 33.8 Å². The predicted molar refractivity (Wildman–Crippen MR) is 70.6 cm³/mol. The van der Waals surface area contributed by atoms with Crippen molar-refractivity contribution in [2.45, 2.75) is 64.1 Å². The van der Waals surface area contributed by atoms with E-state index in [1.54, 1.807) is 0 Å². The molecule has 1 saturated carbocycles. The van der Waals surface area contributed by atoms with E-state index in [0.717, 1.165) is 24.3 Å². The van der Waals surface area contributed by atoms with E-state index in [4.69, 9.17) is 14.5 Å². The van der Waals surface area contributed by atoms with Gasteiger partial charge in [-0.05, 0) is 38.0 Å². The van der Waals surface area contributed by atoms with Crippen molar-refractivity contribution in [3.63, 3.8) is 0 Å². The first kappa shape index (κ1) is 13.9. The number of hydrogen-bond acceptors (Lipinski definition) is 5. The van der Waals surface area contributed by atoms with Gasteiger partial charge in [0.15, 0.2) is 11.8 Å². The molecule has 1 N–H and O–H groups in total. The molecule has 5 aliphatic rings. The van der Waals surface area contributed by atoms with Crippen molar-refractivity contribution in [3.05, 3.63) is 0 Å². The number of piperidine rings is 1. The van der Waals surface area contributed by atoms with Gasteiger partial charge in [-0.25, -0.2) is 9.78 Å². The summed E-state index contributed by atoms with van der Waals surface area (Å²) in [5.74, 6) is -0.720. The van der Waals surface area contributed by atoms with E-state index in [1.807, 2.05) is 13.8 Å². The van der Waals surface area contributed by atoms with Crippen LogP contribution in [0.15, 0.2) is 0 Å². The number of hydrogen-bond donors (Lipinski definition) is 1. The van der Waals surface area contributed by atoms with E-state index in [2.05, 4.69) is 6.92 Å². The first-order chi connectivity index (χ1) is 9.89. The molecule has 4 heterocycles. The Hall–Kier alpha value is -0.690. The van der Waals surface area contributed by atoms with E-state index in [-0.39, 0.29) is 23.7 Å². The Balaban J connectivity index is 1.87. The third-order valence-corrected chi connectivity index (χ3v) is 6.24. The summed E-state index contributed by atoms with van der Waals surface area (Å²) in [6, 6.07) is 0. The lowest BCUT2D eigenvalue weighted by Crippen LogP contribution is -2.74. The van der Waals surface area contributed by atoms with Gasteiger partial charge in [0, 0.05) is 18.3 Å². The molecule has 1 aliphatic carbocycles. The van der Waals surface area contributed by atoms with E-state index in [0.29, 0.717) is 12.3 Å². The molecule has 1 unspecified atom stereocenters. The zero-order valence-electron chi connectivity index (χ0n) is 12.7. The van der Waals surface area contributed by atoms with Crippen molar-refractivity contribution in [1.82, 2.24) is 5.06 Å². The molecule has 4 aliphatic heterocycles. The second-order valence-electron chi connectivity index (χ2n) is 7.40. The summed E-state index contributed by atoms with van der Waals surface area (Å²) in [6.07, 6.45) is 2.86. The fraction of sp³-hybridized carbons (Fsp3) is 0.933. The summed E-state index contributed by atoms with van der Waals surface area (Å²) >= 11 is 0. The van der Waals surface area contributed by atoms with Gasteiger partial charge in [0.05, 0.1) is 0 Å². The Bertz CT molecular complexity index is 485. The Morgan fingerprint density at radius 2 is 1.95 bits per heavy atom. The maximum absolute atomic E-state index is 12.4. The number of hydroxylamine groups is 2. The molecule has 0 aromatic rings. The van der Waals surface area contributed by atoms with Crippen molar-refractivity contribution >= 4 is 5.91 Å². The summed E-state index contributed by atoms with van der Waals surface area (Å²) in [7, 11) is 0. The monoisotopic (exact) mass is 297 g/mol. The molecule has 0 aromatic heterocycles. The molecule has 5 fully saturated rings. The zero-order chi connectivity index (χ0) is 15.0. The van der Waals surface area contributed by atoms with E-state index >= 15 is 0 Å². The molecule has 118 valence electrons. The molecule has 5 rings (SSSR count). The SMILES string of the molecule is C[C@H]1CC[C@H]2[C@@H](C)C(=O)N(O)[C@H]3O[C@]4(C)CC[C@H]1C32OO4. The van der Waals surface area contributed by atoms with Gasteiger partial charge in [0.1, 0.15) is 0 Å². The Morgan fingerprint density at radius 3 is 2.71 bits per heavy atom. The van der Waals surface area contributed by atoms with E-state index < -0.39 is 17.6 Å². The fourth-order valence-corrected chi connectivity index (χ4v) is 5.03. The van der Waals surface area contributed by atoms with Crippen molar-refractivity contribution in [2.75, 3.05) is 0 Å². The van der Waals surface area contributed by atoms with Crippen LogP contribution < -0.4 is 0 Å². The number of amides is 1. The van der Waals surface area contributed by atoms with Gasteiger partial charge in [-0.1, -0.05) is 13.8 Å². The number of carbonyl (C=O) groups excluding carboxylic acids is 1. The van der Waals surface area contributed by atoms with Gasteiger partial charge < -0.3 is 4.74 Å². The van der Waals surface area contributed by atoms with Crippen molar-refractivity contribution in [3.8, 4) is 0 Å². The average molecular weight is 297 g/mol. The molecule has 7 atom stereocenters. The van der Waals surface area contributed by atoms with Crippen molar-refractivity contribution < 1.29 is 24.5 Å². The molecule has 0 radical (unpaired) electrons. The highest BCUT2D eigenvalue weighted by atomic mass is 17.3. The van der Waals surface area contributed by atoms with Gasteiger partial charge in [-0.2, -0.15) is 5.06 Å². The first-order valence-electron chi connectivity index (χ1n) is 7.96. The molecule has 1 amide bonds. The predicted octanol–water partition coefficient (Wildman–Crippen LogP) is 2.07. The summed E-state index contributed by atoms with van der Waals surface area (Å²) < 4.78 is 6.02. The highest BCUT2D eigenvalue weighted by Crippen LogP contribution is 2.59. The highest BCUT2D eigenvalue weighted by Gasteiger charge is 2.70. The van der Waals surface area contributed by atoms with Crippen LogP contribution in [0.5, 0.6) is 0 Å². The third kappa shape index (κ3) is 1.59. The van der Waals surface area contributed by atoms with Gasteiger partial charge in [0.2, 0.25) is 5.79 Å².